The molecule has 1 aliphatic heterocycles. The molecule has 1 saturated heterocycles. The number of carbonyl (C=O) groups excluding carboxylic acids is 2. The number of amides is 2. The van der Waals surface area contributed by atoms with Crippen LogP contribution in [-0.4, -0.2) is 24.0 Å². The molecule has 8 heteroatoms. The lowest BCUT2D eigenvalue weighted by Gasteiger charge is -2.29. The zero-order valence-electron chi connectivity index (χ0n) is 13.5. The number of benzene rings is 2. The van der Waals surface area contributed by atoms with Crippen molar-refractivity contribution >= 4 is 68.4 Å². The summed E-state index contributed by atoms with van der Waals surface area (Å²) in [4.78, 5) is 26.6. The Hall–Kier alpha value is -2.22. The van der Waals surface area contributed by atoms with Crippen LogP contribution in [0.3, 0.4) is 0 Å². The van der Waals surface area contributed by atoms with Crippen molar-refractivity contribution in [3.8, 4) is 5.75 Å². The van der Waals surface area contributed by atoms with E-state index in [1.807, 2.05) is 0 Å². The van der Waals surface area contributed by atoms with Crippen molar-refractivity contribution in [2.45, 2.75) is 0 Å². The van der Waals surface area contributed by atoms with Crippen molar-refractivity contribution in [1.82, 2.24) is 5.32 Å². The molecule has 132 valence electrons. The van der Waals surface area contributed by atoms with Crippen molar-refractivity contribution in [3.63, 3.8) is 0 Å². The van der Waals surface area contributed by atoms with Gasteiger partial charge in [0.1, 0.15) is 11.3 Å². The zero-order valence-corrected chi connectivity index (χ0v) is 16.6. The molecule has 0 bridgehead atoms. The number of rotatable bonds is 3. The van der Waals surface area contributed by atoms with Crippen LogP contribution in [0.5, 0.6) is 5.75 Å². The third-order valence-electron chi connectivity index (χ3n) is 3.68. The normalized spacial score (nSPS) is 16.0. The second-order valence-corrected chi connectivity index (χ2v) is 7.06. The highest BCUT2D eigenvalue weighted by Gasteiger charge is 2.34. The molecule has 0 atom stereocenters. The van der Waals surface area contributed by atoms with Gasteiger partial charge in [0.2, 0.25) is 0 Å². The van der Waals surface area contributed by atoms with Crippen LogP contribution in [0.2, 0.25) is 5.02 Å². The third kappa shape index (κ3) is 3.65. The lowest BCUT2D eigenvalue weighted by molar-refractivity contribution is -0.122. The Morgan fingerprint density at radius 1 is 1.19 bits per heavy atom. The van der Waals surface area contributed by atoms with Crippen LogP contribution >= 0.6 is 39.7 Å². The van der Waals surface area contributed by atoms with Gasteiger partial charge in [0.15, 0.2) is 5.11 Å². The first kappa shape index (κ1) is 18.6. The van der Waals surface area contributed by atoms with E-state index in [0.29, 0.717) is 22.0 Å². The molecular weight excluding hydrogens is 440 g/mol. The number of nitrogens with one attached hydrogen (secondary N) is 1. The Morgan fingerprint density at radius 2 is 1.88 bits per heavy atom. The number of halogens is 2. The van der Waals surface area contributed by atoms with Crippen LogP contribution in [0.4, 0.5) is 5.69 Å². The van der Waals surface area contributed by atoms with Gasteiger partial charge < -0.3 is 4.74 Å². The molecule has 1 aliphatic rings. The van der Waals surface area contributed by atoms with Crippen molar-refractivity contribution in [2.75, 3.05) is 12.0 Å². The Balaban J connectivity index is 2.06. The van der Waals surface area contributed by atoms with E-state index in [0.717, 1.165) is 4.47 Å². The van der Waals surface area contributed by atoms with Gasteiger partial charge in [0.05, 0.1) is 12.8 Å². The summed E-state index contributed by atoms with van der Waals surface area (Å²) in [6.45, 7) is 0. The van der Waals surface area contributed by atoms with E-state index in [-0.39, 0.29) is 10.7 Å². The minimum absolute atomic E-state index is 0.0255. The van der Waals surface area contributed by atoms with E-state index in [1.54, 1.807) is 42.5 Å². The van der Waals surface area contributed by atoms with E-state index in [9.17, 15) is 9.59 Å². The summed E-state index contributed by atoms with van der Waals surface area (Å²) < 4.78 is 6.13. The van der Waals surface area contributed by atoms with Gasteiger partial charge in [0, 0.05) is 15.1 Å². The number of hydrogen-bond acceptors (Lipinski definition) is 4. The molecule has 0 unspecified atom stereocenters. The first-order chi connectivity index (χ1) is 12.4. The van der Waals surface area contributed by atoms with E-state index < -0.39 is 11.8 Å². The summed E-state index contributed by atoms with van der Waals surface area (Å²) in [5, 5.41) is 3.02. The van der Waals surface area contributed by atoms with Gasteiger partial charge in [-0.15, -0.1) is 0 Å². The smallest absolute Gasteiger partial charge is 0.270 e. The molecule has 0 radical (unpaired) electrons. The Labute approximate surface area is 168 Å². The fourth-order valence-corrected chi connectivity index (χ4v) is 3.18. The second kappa shape index (κ2) is 7.57. The highest BCUT2D eigenvalue weighted by Crippen LogP contribution is 2.28. The summed E-state index contributed by atoms with van der Waals surface area (Å²) in [6, 6.07) is 12.0. The first-order valence-corrected chi connectivity index (χ1v) is 8.99. The van der Waals surface area contributed by atoms with Crippen molar-refractivity contribution in [1.29, 1.82) is 0 Å². The number of ether oxygens (including phenoxy) is 1. The molecular formula is C18H12BrClN2O3S. The molecule has 26 heavy (non-hydrogen) atoms. The maximum absolute atomic E-state index is 12.9. The average Bonchev–Trinajstić information content (AvgIpc) is 2.60. The Morgan fingerprint density at radius 3 is 2.54 bits per heavy atom. The standard InChI is InChI=1S/C18H12BrClN2O3S/c1-25-15-7-4-12(20)8-10(15)9-14-16(23)21-18(26)22(17(14)24)13-5-2-11(19)3-6-13/h2-9H,1H3,(H,21,23,26). The van der Waals surface area contributed by atoms with Crippen LogP contribution in [-0.2, 0) is 9.59 Å². The van der Waals surface area contributed by atoms with Gasteiger partial charge in [-0.3, -0.25) is 19.8 Å². The molecule has 2 amide bonds. The molecule has 1 N–H and O–H groups in total. The van der Waals surface area contributed by atoms with E-state index >= 15 is 0 Å². The number of methoxy groups -OCH3 is 1. The lowest BCUT2D eigenvalue weighted by Crippen LogP contribution is -2.54. The number of hydrogen-bond donors (Lipinski definition) is 1. The number of anilines is 1. The highest BCUT2D eigenvalue weighted by molar-refractivity contribution is 9.10. The summed E-state index contributed by atoms with van der Waals surface area (Å²) >= 11 is 14.5. The van der Waals surface area contributed by atoms with E-state index in [1.165, 1.54) is 18.1 Å². The molecule has 5 nitrogen and oxygen atoms in total. The maximum Gasteiger partial charge on any atom is 0.270 e. The molecule has 1 fully saturated rings. The number of carbonyl (C=O) groups is 2. The molecule has 3 rings (SSSR count). The van der Waals surface area contributed by atoms with Gasteiger partial charge in [-0.1, -0.05) is 27.5 Å². The van der Waals surface area contributed by atoms with Crippen LogP contribution in [0.25, 0.3) is 6.08 Å². The SMILES string of the molecule is COc1ccc(Cl)cc1C=C1C(=O)NC(=S)N(c2ccc(Br)cc2)C1=O. The highest BCUT2D eigenvalue weighted by atomic mass is 79.9. The van der Waals surface area contributed by atoms with Crippen LogP contribution in [0.15, 0.2) is 52.5 Å². The van der Waals surface area contributed by atoms with Crippen LogP contribution < -0.4 is 15.0 Å². The lowest BCUT2D eigenvalue weighted by atomic mass is 10.1. The quantitative estimate of drug-likeness (QED) is 0.436. The van der Waals surface area contributed by atoms with Crippen molar-refractivity contribution < 1.29 is 14.3 Å². The fraction of sp³-hybridized carbons (Fsp3) is 0.0556. The molecule has 0 aromatic heterocycles. The van der Waals surface area contributed by atoms with E-state index in [2.05, 4.69) is 21.2 Å². The topological polar surface area (TPSA) is 58.6 Å². The first-order valence-electron chi connectivity index (χ1n) is 7.41. The fourth-order valence-electron chi connectivity index (χ4n) is 2.46. The summed E-state index contributed by atoms with van der Waals surface area (Å²) in [5.41, 5.74) is 0.997. The van der Waals surface area contributed by atoms with Gasteiger partial charge in [-0.05, 0) is 60.8 Å². The summed E-state index contributed by atoms with van der Waals surface area (Å²) in [5.74, 6) is -0.607. The average molecular weight is 452 g/mol. The maximum atomic E-state index is 12.9. The Bertz CT molecular complexity index is 944. The summed E-state index contributed by atoms with van der Waals surface area (Å²) in [7, 11) is 1.50. The monoisotopic (exact) mass is 450 g/mol. The molecule has 0 spiro atoms. The van der Waals surface area contributed by atoms with Gasteiger partial charge in [0.25, 0.3) is 11.8 Å². The minimum atomic E-state index is -0.574. The van der Waals surface area contributed by atoms with Gasteiger partial charge in [-0.2, -0.15) is 0 Å². The van der Waals surface area contributed by atoms with Gasteiger partial charge >= 0.3 is 0 Å². The Kier molecular flexibility index (Phi) is 5.41. The molecule has 2 aromatic rings. The van der Waals surface area contributed by atoms with Crippen molar-refractivity contribution in [2.24, 2.45) is 0 Å². The van der Waals surface area contributed by atoms with Gasteiger partial charge in [-0.25, -0.2) is 0 Å². The second-order valence-electron chi connectivity index (χ2n) is 5.32. The molecule has 0 aliphatic carbocycles. The number of nitrogens with zero attached hydrogens (tertiary/aromatic N) is 1. The molecule has 0 saturated carbocycles. The van der Waals surface area contributed by atoms with E-state index in [4.69, 9.17) is 28.6 Å². The van der Waals surface area contributed by atoms with Crippen LogP contribution in [0.1, 0.15) is 5.56 Å². The van der Waals surface area contributed by atoms with Crippen molar-refractivity contribution in [3.05, 3.63) is 63.1 Å². The third-order valence-corrected chi connectivity index (χ3v) is 4.73. The molecule has 1 heterocycles. The predicted octanol–water partition coefficient (Wildman–Crippen LogP) is 3.94. The van der Waals surface area contributed by atoms with Crippen LogP contribution in [0, 0.1) is 0 Å². The summed E-state index contributed by atoms with van der Waals surface area (Å²) in [6.07, 6.45) is 1.44. The number of thiocarbonyl (C=S) groups is 1. The minimum Gasteiger partial charge on any atom is -0.496 e. The largest absolute Gasteiger partial charge is 0.496 e. The zero-order chi connectivity index (χ0) is 18.8. The molecule has 2 aromatic carbocycles. The predicted molar refractivity (Wildman–Crippen MR) is 108 cm³/mol.